The predicted molar refractivity (Wildman–Crippen MR) is 127 cm³/mol. The Labute approximate surface area is 194 Å². The van der Waals surface area contributed by atoms with Gasteiger partial charge in [-0.3, -0.25) is 4.79 Å². The summed E-state index contributed by atoms with van der Waals surface area (Å²) in [5, 5.41) is 6.24. The van der Waals surface area contributed by atoms with Crippen molar-refractivity contribution in [1.82, 2.24) is 5.43 Å². The number of halogens is 3. The van der Waals surface area contributed by atoms with Crippen LogP contribution in [0.1, 0.15) is 32.6 Å². The Morgan fingerprint density at radius 2 is 1.65 bits per heavy atom. The number of carbonyl (C=O) groups excluding carboxylic acids is 1. The van der Waals surface area contributed by atoms with Gasteiger partial charge in [0.15, 0.2) is 0 Å². The molecule has 0 atom stereocenters. The van der Waals surface area contributed by atoms with Gasteiger partial charge in [0.1, 0.15) is 0 Å². The highest BCUT2D eigenvalue weighted by Gasteiger charge is 2.31. The van der Waals surface area contributed by atoms with Gasteiger partial charge in [-0.2, -0.15) is 18.3 Å². The van der Waals surface area contributed by atoms with E-state index in [9.17, 15) is 18.0 Å². The van der Waals surface area contributed by atoms with E-state index in [1.807, 2.05) is 53.4 Å². The van der Waals surface area contributed by atoms with Crippen LogP contribution in [0.2, 0.25) is 0 Å². The maximum atomic E-state index is 13.1. The van der Waals surface area contributed by atoms with Crippen molar-refractivity contribution < 1.29 is 18.0 Å². The van der Waals surface area contributed by atoms with Crippen LogP contribution in [0.15, 0.2) is 90.0 Å². The van der Waals surface area contributed by atoms with E-state index >= 15 is 0 Å². The molecule has 0 aromatic heterocycles. The SMILES string of the molecule is O=C(N/N=C/c1cccc2ccccc12)c1ccc2c(c1)CN(c1cccc(C(F)(F)F)c1)C2. The van der Waals surface area contributed by atoms with Crippen LogP contribution in [0, 0.1) is 0 Å². The van der Waals surface area contributed by atoms with Gasteiger partial charge in [0.05, 0.1) is 11.8 Å². The minimum absolute atomic E-state index is 0.350. The van der Waals surface area contributed by atoms with Gasteiger partial charge in [0.2, 0.25) is 0 Å². The van der Waals surface area contributed by atoms with E-state index in [0.29, 0.717) is 24.3 Å². The lowest BCUT2D eigenvalue weighted by Crippen LogP contribution is -2.18. The van der Waals surface area contributed by atoms with Crippen LogP contribution >= 0.6 is 0 Å². The minimum Gasteiger partial charge on any atom is -0.363 e. The van der Waals surface area contributed by atoms with Crippen molar-refractivity contribution in [3.05, 3.63) is 113 Å². The number of nitrogens with zero attached hydrogens (tertiary/aromatic N) is 2. The lowest BCUT2D eigenvalue weighted by atomic mass is 10.1. The molecular formula is C27H20F3N3O. The third-order valence-electron chi connectivity index (χ3n) is 5.92. The molecule has 0 unspecified atom stereocenters. The summed E-state index contributed by atoms with van der Waals surface area (Å²) in [4.78, 5) is 14.5. The van der Waals surface area contributed by atoms with Crippen molar-refractivity contribution >= 4 is 28.6 Å². The summed E-state index contributed by atoms with van der Waals surface area (Å²) in [5.41, 5.74) is 5.61. The van der Waals surface area contributed by atoms with Crippen molar-refractivity contribution in [2.24, 2.45) is 5.10 Å². The molecule has 1 aliphatic heterocycles. The first kappa shape index (κ1) is 21.7. The van der Waals surface area contributed by atoms with Crippen LogP contribution in [0.25, 0.3) is 10.8 Å². The summed E-state index contributed by atoms with van der Waals surface area (Å²) in [7, 11) is 0. The molecule has 34 heavy (non-hydrogen) atoms. The van der Waals surface area contributed by atoms with Crippen molar-refractivity contribution in [1.29, 1.82) is 0 Å². The second-order valence-electron chi connectivity index (χ2n) is 8.16. The Morgan fingerprint density at radius 3 is 2.50 bits per heavy atom. The van der Waals surface area contributed by atoms with Gasteiger partial charge in [-0.15, -0.1) is 0 Å². The third-order valence-corrected chi connectivity index (χ3v) is 5.92. The number of rotatable bonds is 4. The van der Waals surface area contributed by atoms with Crippen LogP contribution in [-0.2, 0) is 19.3 Å². The van der Waals surface area contributed by atoms with E-state index in [-0.39, 0.29) is 5.91 Å². The van der Waals surface area contributed by atoms with Crippen LogP contribution in [0.5, 0.6) is 0 Å². The quantitative estimate of drug-likeness (QED) is 0.294. The van der Waals surface area contributed by atoms with E-state index in [1.54, 1.807) is 24.4 Å². The minimum atomic E-state index is -4.39. The van der Waals surface area contributed by atoms with E-state index in [0.717, 1.165) is 39.6 Å². The topological polar surface area (TPSA) is 44.7 Å². The first-order valence-electron chi connectivity index (χ1n) is 10.7. The second kappa shape index (κ2) is 8.67. The van der Waals surface area contributed by atoms with Crippen molar-refractivity contribution in [2.45, 2.75) is 19.3 Å². The Kier molecular flexibility index (Phi) is 5.53. The number of alkyl halides is 3. The molecule has 0 saturated carbocycles. The fourth-order valence-corrected chi connectivity index (χ4v) is 4.19. The van der Waals surface area contributed by atoms with Crippen molar-refractivity contribution in [3.8, 4) is 0 Å². The molecule has 1 N–H and O–H groups in total. The fraction of sp³-hybridized carbons (Fsp3) is 0.111. The molecule has 1 heterocycles. The molecule has 0 aliphatic carbocycles. The third kappa shape index (κ3) is 4.37. The Morgan fingerprint density at radius 1 is 0.882 bits per heavy atom. The molecule has 4 aromatic carbocycles. The largest absolute Gasteiger partial charge is 0.416 e. The molecule has 4 nitrogen and oxygen atoms in total. The normalized spacial score (nSPS) is 13.4. The zero-order valence-electron chi connectivity index (χ0n) is 18.0. The zero-order valence-corrected chi connectivity index (χ0v) is 18.0. The molecule has 5 rings (SSSR count). The van der Waals surface area contributed by atoms with Crippen molar-refractivity contribution in [2.75, 3.05) is 4.90 Å². The van der Waals surface area contributed by atoms with E-state index in [1.165, 1.54) is 6.07 Å². The Bertz CT molecular complexity index is 1410. The summed E-state index contributed by atoms with van der Waals surface area (Å²) in [6.45, 7) is 0.912. The summed E-state index contributed by atoms with van der Waals surface area (Å²) in [6, 6.07) is 24.4. The average molecular weight is 459 g/mol. The summed E-state index contributed by atoms with van der Waals surface area (Å²) < 4.78 is 39.2. The highest BCUT2D eigenvalue weighted by atomic mass is 19.4. The molecule has 4 aromatic rings. The first-order valence-corrected chi connectivity index (χ1v) is 10.7. The summed E-state index contributed by atoms with van der Waals surface area (Å²) in [5.74, 6) is -0.350. The standard InChI is InChI=1S/C27H20F3N3O/c28-27(29,30)23-8-4-9-24(14-23)33-16-21-12-11-19(13-22(21)17-33)26(34)32-31-15-20-7-3-6-18-5-1-2-10-25(18)20/h1-15H,16-17H2,(H,32,34)/b31-15+. The number of hydrazone groups is 1. The molecule has 170 valence electrons. The lowest BCUT2D eigenvalue weighted by Gasteiger charge is -2.19. The van der Waals surface area contributed by atoms with Crippen LogP contribution in [-0.4, -0.2) is 12.1 Å². The summed E-state index contributed by atoms with van der Waals surface area (Å²) >= 11 is 0. The zero-order chi connectivity index (χ0) is 23.7. The van der Waals surface area contributed by atoms with E-state index in [2.05, 4.69) is 10.5 Å². The molecule has 0 saturated heterocycles. The highest BCUT2D eigenvalue weighted by molar-refractivity contribution is 6.00. The number of amides is 1. The number of hydrogen-bond donors (Lipinski definition) is 1. The van der Waals surface area contributed by atoms with Gasteiger partial charge in [0, 0.05) is 29.9 Å². The molecule has 0 bridgehead atoms. The Balaban J connectivity index is 1.29. The maximum absolute atomic E-state index is 13.1. The molecular weight excluding hydrogens is 439 g/mol. The van der Waals surface area contributed by atoms with Gasteiger partial charge < -0.3 is 4.90 Å². The number of fused-ring (bicyclic) bond motifs is 2. The monoisotopic (exact) mass is 459 g/mol. The van der Waals surface area contributed by atoms with Gasteiger partial charge in [-0.1, -0.05) is 54.6 Å². The number of nitrogens with one attached hydrogen (secondary N) is 1. The number of benzene rings is 4. The molecule has 0 radical (unpaired) electrons. The average Bonchev–Trinajstić information content (AvgIpc) is 3.27. The number of carbonyl (C=O) groups is 1. The van der Waals surface area contributed by atoms with Crippen LogP contribution < -0.4 is 10.3 Å². The molecule has 0 fully saturated rings. The van der Waals surface area contributed by atoms with Crippen LogP contribution in [0.4, 0.5) is 18.9 Å². The second-order valence-corrected chi connectivity index (χ2v) is 8.16. The molecule has 1 aliphatic rings. The number of hydrogen-bond acceptors (Lipinski definition) is 3. The molecule has 0 spiro atoms. The van der Waals surface area contributed by atoms with Gasteiger partial charge >= 0.3 is 6.18 Å². The highest BCUT2D eigenvalue weighted by Crippen LogP contribution is 2.34. The molecule has 1 amide bonds. The van der Waals surface area contributed by atoms with Gasteiger partial charge in [-0.05, 0) is 52.2 Å². The first-order chi connectivity index (χ1) is 16.4. The van der Waals surface area contributed by atoms with Crippen molar-refractivity contribution in [3.63, 3.8) is 0 Å². The fourth-order valence-electron chi connectivity index (χ4n) is 4.19. The molecule has 7 heteroatoms. The van der Waals surface area contributed by atoms with Gasteiger partial charge in [0.25, 0.3) is 5.91 Å². The van der Waals surface area contributed by atoms with Gasteiger partial charge in [-0.25, -0.2) is 5.43 Å². The number of anilines is 1. The maximum Gasteiger partial charge on any atom is 0.416 e. The lowest BCUT2D eigenvalue weighted by molar-refractivity contribution is -0.137. The van der Waals surface area contributed by atoms with Crippen LogP contribution in [0.3, 0.4) is 0 Å². The smallest absolute Gasteiger partial charge is 0.363 e. The Hall–Kier alpha value is -4.13. The summed E-state index contributed by atoms with van der Waals surface area (Å²) in [6.07, 6.45) is -2.77. The van der Waals surface area contributed by atoms with E-state index in [4.69, 9.17) is 0 Å². The predicted octanol–water partition coefficient (Wildman–Crippen LogP) is 6.14. The van der Waals surface area contributed by atoms with E-state index < -0.39 is 11.7 Å².